The minimum atomic E-state index is -0.617. The van der Waals surface area contributed by atoms with Crippen LogP contribution >= 0.6 is 0 Å². The van der Waals surface area contributed by atoms with Gasteiger partial charge in [-0.2, -0.15) is 0 Å². The van der Waals surface area contributed by atoms with Crippen LogP contribution in [0.15, 0.2) is 30.3 Å². The third-order valence-corrected chi connectivity index (χ3v) is 9.99. The van der Waals surface area contributed by atoms with Crippen molar-refractivity contribution in [3.63, 3.8) is 0 Å². The van der Waals surface area contributed by atoms with Crippen molar-refractivity contribution in [1.29, 1.82) is 0 Å². The Morgan fingerprint density at radius 3 is 2.38 bits per heavy atom. The zero-order chi connectivity index (χ0) is 18.0. The molecule has 0 aliphatic heterocycles. The molecule has 0 radical (unpaired) electrons. The molecule has 1 N–H and O–H groups in total. The van der Waals surface area contributed by atoms with Crippen molar-refractivity contribution in [1.82, 2.24) is 0 Å². The van der Waals surface area contributed by atoms with Crippen LogP contribution in [0.3, 0.4) is 0 Å². The summed E-state index contributed by atoms with van der Waals surface area (Å²) < 4.78 is 0. The van der Waals surface area contributed by atoms with Crippen LogP contribution in [0.5, 0.6) is 0 Å². The van der Waals surface area contributed by atoms with Crippen molar-refractivity contribution in [2.75, 3.05) is 0 Å². The molecule has 1 aromatic rings. The van der Waals surface area contributed by atoms with Crippen LogP contribution in [-0.4, -0.2) is 5.11 Å². The molecule has 4 aliphatic carbocycles. The molecule has 0 saturated heterocycles. The summed E-state index contributed by atoms with van der Waals surface area (Å²) in [6, 6.07) is 10.6. The first kappa shape index (κ1) is 17.3. The monoisotopic (exact) mass is 352 g/mol. The van der Waals surface area contributed by atoms with Crippen molar-refractivity contribution in [2.24, 2.45) is 34.5 Å². The van der Waals surface area contributed by atoms with E-state index in [1.807, 2.05) is 0 Å². The van der Waals surface area contributed by atoms with Gasteiger partial charge in [0.25, 0.3) is 0 Å². The number of benzene rings is 1. The van der Waals surface area contributed by atoms with E-state index < -0.39 is 5.60 Å². The first-order valence-electron chi connectivity index (χ1n) is 11.3. The molecule has 4 aliphatic rings. The lowest BCUT2D eigenvalue weighted by Gasteiger charge is -2.61. The highest BCUT2D eigenvalue weighted by Gasteiger charge is 2.64. The fourth-order valence-electron chi connectivity index (χ4n) is 8.50. The van der Waals surface area contributed by atoms with Gasteiger partial charge in [0.15, 0.2) is 0 Å². The molecule has 1 heteroatoms. The molecular formula is C25H36O. The summed E-state index contributed by atoms with van der Waals surface area (Å²) in [5.74, 6) is 3.46. The topological polar surface area (TPSA) is 20.2 Å². The summed E-state index contributed by atoms with van der Waals surface area (Å²) in [6.07, 6.45) is 13.5. The first-order chi connectivity index (χ1) is 12.5. The third kappa shape index (κ3) is 2.13. The van der Waals surface area contributed by atoms with E-state index in [1.165, 1.54) is 63.4 Å². The highest BCUT2D eigenvalue weighted by molar-refractivity contribution is 5.29. The Labute approximate surface area is 159 Å². The lowest BCUT2D eigenvalue weighted by molar-refractivity contribution is -0.154. The molecule has 0 heterocycles. The molecule has 0 spiro atoms. The minimum Gasteiger partial charge on any atom is -0.385 e. The van der Waals surface area contributed by atoms with Crippen molar-refractivity contribution < 1.29 is 5.11 Å². The van der Waals surface area contributed by atoms with Crippen molar-refractivity contribution in [2.45, 2.75) is 83.7 Å². The number of fused-ring (bicyclic) bond motifs is 5. The van der Waals surface area contributed by atoms with E-state index in [0.29, 0.717) is 11.3 Å². The minimum absolute atomic E-state index is 0.0629. The molecule has 4 saturated carbocycles. The van der Waals surface area contributed by atoms with Crippen LogP contribution in [0.1, 0.15) is 83.6 Å². The molecular weight excluding hydrogens is 316 g/mol. The van der Waals surface area contributed by atoms with Crippen molar-refractivity contribution >= 4 is 0 Å². The summed E-state index contributed by atoms with van der Waals surface area (Å²) in [5.41, 5.74) is 1.21. The molecule has 1 nitrogen and oxygen atoms in total. The van der Waals surface area contributed by atoms with Crippen LogP contribution in [0.25, 0.3) is 0 Å². The Balaban J connectivity index is 1.49. The third-order valence-electron chi connectivity index (χ3n) is 9.99. The largest absolute Gasteiger partial charge is 0.385 e. The van der Waals surface area contributed by atoms with Crippen molar-refractivity contribution in [3.05, 3.63) is 35.9 Å². The van der Waals surface area contributed by atoms with Gasteiger partial charge in [0.2, 0.25) is 0 Å². The van der Waals surface area contributed by atoms with E-state index in [1.54, 1.807) is 0 Å². The average Bonchev–Trinajstić information content (AvgIpc) is 2.94. The van der Waals surface area contributed by atoms with Gasteiger partial charge in [0.1, 0.15) is 0 Å². The van der Waals surface area contributed by atoms with Gasteiger partial charge in [-0.1, -0.05) is 57.0 Å². The molecule has 0 bridgehead atoms. The van der Waals surface area contributed by atoms with Gasteiger partial charge in [0, 0.05) is 5.41 Å². The van der Waals surface area contributed by atoms with Crippen LogP contribution in [0.4, 0.5) is 0 Å². The summed E-state index contributed by atoms with van der Waals surface area (Å²) in [6.45, 7) is 5.08. The van der Waals surface area contributed by atoms with Gasteiger partial charge in [-0.3, -0.25) is 0 Å². The number of hydrogen-bond donors (Lipinski definition) is 1. The predicted octanol–water partition coefficient (Wildman–Crippen LogP) is 6.31. The van der Waals surface area contributed by atoms with E-state index in [9.17, 15) is 5.11 Å². The van der Waals surface area contributed by atoms with Gasteiger partial charge >= 0.3 is 0 Å². The van der Waals surface area contributed by atoms with E-state index in [2.05, 4.69) is 44.2 Å². The molecule has 142 valence electrons. The molecule has 0 unspecified atom stereocenters. The summed E-state index contributed by atoms with van der Waals surface area (Å²) in [7, 11) is 0. The van der Waals surface area contributed by atoms with Gasteiger partial charge in [-0.15, -0.1) is 0 Å². The zero-order valence-corrected chi connectivity index (χ0v) is 16.7. The second-order valence-corrected chi connectivity index (χ2v) is 10.6. The fourth-order valence-corrected chi connectivity index (χ4v) is 8.50. The molecule has 4 fully saturated rings. The molecule has 0 aromatic heterocycles. The Morgan fingerprint density at radius 2 is 1.58 bits per heavy atom. The molecule has 7 atom stereocenters. The fraction of sp³-hybridized carbons (Fsp3) is 0.760. The van der Waals surface area contributed by atoms with Crippen LogP contribution in [0.2, 0.25) is 0 Å². The highest BCUT2D eigenvalue weighted by atomic mass is 16.3. The molecule has 5 rings (SSSR count). The Bertz CT molecular complexity index is 668. The van der Waals surface area contributed by atoms with Gasteiger partial charge in [-0.25, -0.2) is 0 Å². The summed E-state index contributed by atoms with van der Waals surface area (Å²) in [5, 5.41) is 11.9. The van der Waals surface area contributed by atoms with Crippen molar-refractivity contribution in [3.8, 4) is 0 Å². The zero-order valence-electron chi connectivity index (χ0n) is 16.7. The smallest absolute Gasteiger partial charge is 0.0952 e. The highest BCUT2D eigenvalue weighted by Crippen LogP contribution is 2.69. The van der Waals surface area contributed by atoms with Gasteiger partial charge in [-0.05, 0) is 86.0 Å². The molecule has 26 heavy (non-hydrogen) atoms. The van der Waals surface area contributed by atoms with Crippen LogP contribution < -0.4 is 0 Å². The van der Waals surface area contributed by atoms with Gasteiger partial charge in [0.05, 0.1) is 5.60 Å². The average molecular weight is 353 g/mol. The maximum absolute atomic E-state index is 11.9. The van der Waals surface area contributed by atoms with Crippen LogP contribution in [-0.2, 0) is 5.60 Å². The maximum Gasteiger partial charge on any atom is 0.0952 e. The van der Waals surface area contributed by atoms with E-state index in [-0.39, 0.29) is 5.41 Å². The van der Waals surface area contributed by atoms with Gasteiger partial charge < -0.3 is 5.11 Å². The number of rotatable bonds is 1. The summed E-state index contributed by atoms with van der Waals surface area (Å²) >= 11 is 0. The first-order valence-corrected chi connectivity index (χ1v) is 11.3. The second-order valence-electron chi connectivity index (χ2n) is 10.6. The molecule has 0 amide bonds. The molecule has 1 aromatic carbocycles. The number of hydrogen-bond acceptors (Lipinski definition) is 1. The maximum atomic E-state index is 11.9. The standard InChI is InChI=1S/C25H36O/c1-23-15-7-6-8-18(23)11-12-20-21(23)13-16-24(2)22(20)14-17-25(24,26)19-9-4-3-5-10-19/h3-5,9-10,18,20-22,26H,6-8,11-17H2,1-2H3/t18-,20+,21-,22+,23-,24+,25-/m0/s1. The Kier molecular flexibility index (Phi) is 3.88. The lowest BCUT2D eigenvalue weighted by atomic mass is 9.44. The predicted molar refractivity (Wildman–Crippen MR) is 107 cm³/mol. The number of aliphatic hydroxyl groups is 1. The quantitative estimate of drug-likeness (QED) is 0.628. The van der Waals surface area contributed by atoms with E-state index in [4.69, 9.17) is 0 Å². The lowest BCUT2D eigenvalue weighted by Crippen LogP contribution is -2.55. The Hall–Kier alpha value is -0.820. The second kappa shape index (κ2) is 5.84. The SMILES string of the molecule is C[C@]12CCCC[C@H]1CC[C@H]1[C@H]3CC[C@](O)(c4ccccc4)[C@]3(C)CC[C@@H]12. The normalized spacial score (nSPS) is 50.6. The Morgan fingerprint density at radius 1 is 0.808 bits per heavy atom. The summed E-state index contributed by atoms with van der Waals surface area (Å²) in [4.78, 5) is 0. The van der Waals surface area contributed by atoms with Crippen LogP contribution in [0, 0.1) is 34.5 Å². The van der Waals surface area contributed by atoms with E-state index in [0.717, 1.165) is 24.2 Å². The van der Waals surface area contributed by atoms with E-state index >= 15 is 0 Å².